The van der Waals surface area contributed by atoms with E-state index in [2.05, 4.69) is 24.3 Å². The second-order valence-corrected chi connectivity index (χ2v) is 7.56. The summed E-state index contributed by atoms with van der Waals surface area (Å²) in [5.74, 6) is 0.160. The van der Waals surface area contributed by atoms with Crippen LogP contribution in [0.15, 0.2) is 53.7 Å². The van der Waals surface area contributed by atoms with Gasteiger partial charge in [-0.2, -0.15) is 5.10 Å². The first kappa shape index (κ1) is 16.7. The first-order valence-electron chi connectivity index (χ1n) is 7.51. The second kappa shape index (κ2) is 7.56. The maximum Gasteiger partial charge on any atom is 0.178 e. The van der Waals surface area contributed by atoms with Gasteiger partial charge in [-0.3, -0.25) is 4.68 Å². The predicted octanol–water partition coefficient (Wildman–Crippen LogP) is 2.29. The van der Waals surface area contributed by atoms with E-state index in [1.165, 1.54) is 0 Å². The van der Waals surface area contributed by atoms with Crippen molar-refractivity contribution in [2.45, 2.75) is 37.2 Å². The maximum atomic E-state index is 12.2. The van der Waals surface area contributed by atoms with E-state index >= 15 is 0 Å². The van der Waals surface area contributed by atoms with Gasteiger partial charge in [0.05, 0.1) is 16.7 Å². The van der Waals surface area contributed by atoms with Gasteiger partial charge in [-0.05, 0) is 45.0 Å². The Labute approximate surface area is 132 Å². The fourth-order valence-electron chi connectivity index (χ4n) is 2.26. The van der Waals surface area contributed by atoms with Gasteiger partial charge in [0.25, 0.3) is 0 Å². The second-order valence-electron chi connectivity index (χ2n) is 5.45. The SMILES string of the molecule is C[C@@H](NCCCS(=O)(=O)c1ccccc1)[C@H](C)n1cccn1. The molecule has 0 bridgehead atoms. The summed E-state index contributed by atoms with van der Waals surface area (Å²) in [6.07, 6.45) is 4.28. The van der Waals surface area contributed by atoms with E-state index in [1.54, 1.807) is 30.5 Å². The topological polar surface area (TPSA) is 64.0 Å². The van der Waals surface area contributed by atoms with E-state index in [0.29, 0.717) is 17.9 Å². The van der Waals surface area contributed by atoms with Crippen molar-refractivity contribution >= 4 is 9.84 Å². The fourth-order valence-corrected chi connectivity index (χ4v) is 3.59. The minimum atomic E-state index is -3.18. The van der Waals surface area contributed by atoms with Crippen molar-refractivity contribution in [3.63, 3.8) is 0 Å². The molecule has 0 aliphatic heterocycles. The molecule has 0 fully saturated rings. The Morgan fingerprint density at radius 2 is 1.91 bits per heavy atom. The van der Waals surface area contributed by atoms with E-state index in [1.807, 2.05) is 23.0 Å². The molecule has 6 heteroatoms. The molecule has 1 heterocycles. The van der Waals surface area contributed by atoms with Crippen LogP contribution in [0.1, 0.15) is 26.3 Å². The lowest BCUT2D eigenvalue weighted by molar-refractivity contribution is 0.367. The molecule has 0 radical (unpaired) electrons. The Hall–Kier alpha value is -1.66. The summed E-state index contributed by atoms with van der Waals surface area (Å²) in [5.41, 5.74) is 0. The Morgan fingerprint density at radius 3 is 2.55 bits per heavy atom. The summed E-state index contributed by atoms with van der Waals surface area (Å²) >= 11 is 0. The molecule has 2 aromatic rings. The third-order valence-corrected chi connectivity index (χ3v) is 5.64. The van der Waals surface area contributed by atoms with Crippen molar-refractivity contribution in [3.05, 3.63) is 48.8 Å². The van der Waals surface area contributed by atoms with Gasteiger partial charge >= 0.3 is 0 Å². The molecule has 0 unspecified atom stereocenters. The smallest absolute Gasteiger partial charge is 0.178 e. The summed E-state index contributed by atoms with van der Waals surface area (Å²) in [6.45, 7) is 4.84. The summed E-state index contributed by atoms with van der Waals surface area (Å²) in [4.78, 5) is 0.396. The number of rotatable bonds is 8. The number of hydrogen-bond donors (Lipinski definition) is 1. The molecule has 0 saturated carbocycles. The van der Waals surface area contributed by atoms with Crippen molar-refractivity contribution in [2.24, 2.45) is 0 Å². The predicted molar refractivity (Wildman–Crippen MR) is 87.5 cm³/mol. The minimum absolute atomic E-state index is 0.160. The Kier molecular flexibility index (Phi) is 5.74. The number of hydrogen-bond acceptors (Lipinski definition) is 4. The lowest BCUT2D eigenvalue weighted by atomic mass is 10.2. The summed E-state index contributed by atoms with van der Waals surface area (Å²) in [6, 6.07) is 10.9. The molecular formula is C16H23N3O2S. The molecule has 0 amide bonds. The van der Waals surface area contributed by atoms with Crippen molar-refractivity contribution in [1.29, 1.82) is 0 Å². The molecule has 1 N–H and O–H groups in total. The maximum absolute atomic E-state index is 12.2. The highest BCUT2D eigenvalue weighted by atomic mass is 32.2. The molecular weight excluding hydrogens is 298 g/mol. The van der Waals surface area contributed by atoms with Crippen molar-refractivity contribution in [2.75, 3.05) is 12.3 Å². The summed E-state index contributed by atoms with van der Waals surface area (Å²) < 4.78 is 26.2. The van der Waals surface area contributed by atoms with Crippen LogP contribution in [-0.2, 0) is 9.84 Å². The minimum Gasteiger partial charge on any atom is -0.312 e. The Balaban J connectivity index is 1.77. The van der Waals surface area contributed by atoms with Gasteiger partial charge in [-0.1, -0.05) is 18.2 Å². The number of aromatic nitrogens is 2. The molecule has 1 aromatic carbocycles. The fraction of sp³-hybridized carbons (Fsp3) is 0.438. The summed E-state index contributed by atoms with van der Waals surface area (Å²) in [7, 11) is -3.18. The molecule has 1 aromatic heterocycles. The average Bonchev–Trinajstić information content (AvgIpc) is 3.06. The van der Waals surface area contributed by atoms with Crippen molar-refractivity contribution in [3.8, 4) is 0 Å². The molecule has 0 spiro atoms. The molecule has 22 heavy (non-hydrogen) atoms. The zero-order chi connectivity index (χ0) is 16.0. The molecule has 5 nitrogen and oxygen atoms in total. The van der Waals surface area contributed by atoms with E-state index < -0.39 is 9.84 Å². The highest BCUT2D eigenvalue weighted by Gasteiger charge is 2.15. The monoisotopic (exact) mass is 321 g/mol. The van der Waals surface area contributed by atoms with E-state index in [4.69, 9.17) is 0 Å². The van der Waals surface area contributed by atoms with Crippen LogP contribution in [0.25, 0.3) is 0 Å². The van der Waals surface area contributed by atoms with Crippen LogP contribution in [0.4, 0.5) is 0 Å². The standard InChI is InChI=1S/C16H23N3O2S/c1-14(15(2)19-12-6-11-18-19)17-10-7-13-22(20,21)16-8-4-3-5-9-16/h3-6,8-9,11-12,14-15,17H,7,10,13H2,1-2H3/t14-,15+/m1/s1. The van der Waals surface area contributed by atoms with Gasteiger partial charge in [0.15, 0.2) is 9.84 Å². The first-order chi connectivity index (χ1) is 10.5. The molecule has 120 valence electrons. The lowest BCUT2D eigenvalue weighted by Crippen LogP contribution is -2.35. The van der Waals surface area contributed by atoms with E-state index in [0.717, 1.165) is 0 Å². The Bertz CT molecular complexity index is 654. The van der Waals surface area contributed by atoms with E-state index in [-0.39, 0.29) is 17.8 Å². The molecule has 0 saturated heterocycles. The average molecular weight is 321 g/mol. The third-order valence-electron chi connectivity index (χ3n) is 3.82. The van der Waals surface area contributed by atoms with Crippen LogP contribution in [0, 0.1) is 0 Å². The number of nitrogens with one attached hydrogen (secondary N) is 1. The third kappa shape index (κ3) is 4.42. The molecule has 2 atom stereocenters. The van der Waals surface area contributed by atoms with Gasteiger partial charge in [0.1, 0.15) is 0 Å². The van der Waals surface area contributed by atoms with Crippen LogP contribution in [0.2, 0.25) is 0 Å². The molecule has 0 aliphatic rings. The number of nitrogens with zero attached hydrogens (tertiary/aromatic N) is 2. The van der Waals surface area contributed by atoms with Crippen LogP contribution in [0.3, 0.4) is 0 Å². The van der Waals surface area contributed by atoms with Gasteiger partial charge in [-0.25, -0.2) is 8.42 Å². The van der Waals surface area contributed by atoms with Gasteiger partial charge in [0.2, 0.25) is 0 Å². The number of sulfone groups is 1. The zero-order valence-corrected chi connectivity index (χ0v) is 13.8. The normalized spacial score (nSPS) is 14.6. The Morgan fingerprint density at radius 1 is 1.18 bits per heavy atom. The largest absolute Gasteiger partial charge is 0.312 e. The highest BCUT2D eigenvalue weighted by Crippen LogP contribution is 2.12. The van der Waals surface area contributed by atoms with Gasteiger partial charge < -0.3 is 5.32 Å². The highest BCUT2D eigenvalue weighted by molar-refractivity contribution is 7.91. The first-order valence-corrected chi connectivity index (χ1v) is 9.16. The van der Waals surface area contributed by atoms with Crippen LogP contribution >= 0.6 is 0 Å². The summed E-state index contributed by atoms with van der Waals surface area (Å²) in [5, 5.41) is 7.59. The zero-order valence-electron chi connectivity index (χ0n) is 13.0. The van der Waals surface area contributed by atoms with E-state index in [9.17, 15) is 8.42 Å². The van der Waals surface area contributed by atoms with Gasteiger partial charge in [-0.15, -0.1) is 0 Å². The van der Waals surface area contributed by atoms with Crippen LogP contribution < -0.4 is 5.32 Å². The van der Waals surface area contributed by atoms with Crippen molar-refractivity contribution < 1.29 is 8.42 Å². The quantitative estimate of drug-likeness (QED) is 0.758. The van der Waals surface area contributed by atoms with Crippen LogP contribution in [-0.4, -0.2) is 36.5 Å². The lowest BCUT2D eigenvalue weighted by Gasteiger charge is -2.21. The van der Waals surface area contributed by atoms with Crippen molar-refractivity contribution in [1.82, 2.24) is 15.1 Å². The van der Waals surface area contributed by atoms with Crippen LogP contribution in [0.5, 0.6) is 0 Å². The molecule has 2 rings (SSSR count). The number of benzene rings is 1. The molecule has 0 aliphatic carbocycles. The van der Waals surface area contributed by atoms with Gasteiger partial charge in [0, 0.05) is 18.4 Å².